The summed E-state index contributed by atoms with van der Waals surface area (Å²) >= 11 is 0. The molecule has 0 bridgehead atoms. The summed E-state index contributed by atoms with van der Waals surface area (Å²) in [6, 6.07) is 2.47. The predicted molar refractivity (Wildman–Crippen MR) is 63.7 cm³/mol. The fraction of sp³-hybridized carbons (Fsp3) is 0.583. The van der Waals surface area contributed by atoms with Crippen LogP contribution in [0.15, 0.2) is 18.5 Å². The lowest BCUT2D eigenvalue weighted by molar-refractivity contribution is 0.482. The third-order valence-electron chi connectivity index (χ3n) is 3.26. The minimum Gasteiger partial charge on any atom is -0.397 e. The molecule has 82 valence electrons. The van der Waals surface area contributed by atoms with Crippen LogP contribution in [0.1, 0.15) is 32.6 Å². The molecule has 0 radical (unpaired) electrons. The van der Waals surface area contributed by atoms with Crippen molar-refractivity contribution in [1.82, 2.24) is 4.98 Å². The summed E-state index contributed by atoms with van der Waals surface area (Å²) in [5, 5.41) is 3.48. The van der Waals surface area contributed by atoms with Crippen LogP contribution in [0.4, 0.5) is 11.4 Å². The highest BCUT2D eigenvalue weighted by molar-refractivity contribution is 5.51. The van der Waals surface area contributed by atoms with E-state index >= 15 is 0 Å². The van der Waals surface area contributed by atoms with Gasteiger partial charge >= 0.3 is 0 Å². The maximum atomic E-state index is 5.69. The standard InChI is InChI=1S/C12H19N3/c1-9(10-4-2-3-5-10)15-12-6-11(13)7-14-8-12/h6-10,15H,2-5,13H2,1H3. The number of nitrogen functional groups attached to an aromatic ring is 1. The number of nitrogens with one attached hydrogen (secondary N) is 1. The molecule has 3 heteroatoms. The quantitative estimate of drug-likeness (QED) is 0.797. The highest BCUT2D eigenvalue weighted by atomic mass is 14.9. The van der Waals surface area contributed by atoms with Gasteiger partial charge in [0.2, 0.25) is 0 Å². The van der Waals surface area contributed by atoms with E-state index in [-0.39, 0.29) is 0 Å². The highest BCUT2D eigenvalue weighted by Crippen LogP contribution is 2.29. The Morgan fingerprint density at radius 1 is 1.40 bits per heavy atom. The Hall–Kier alpha value is -1.25. The van der Waals surface area contributed by atoms with Crippen molar-refractivity contribution in [2.75, 3.05) is 11.1 Å². The highest BCUT2D eigenvalue weighted by Gasteiger charge is 2.21. The summed E-state index contributed by atoms with van der Waals surface area (Å²) in [7, 11) is 0. The van der Waals surface area contributed by atoms with E-state index in [1.165, 1.54) is 25.7 Å². The summed E-state index contributed by atoms with van der Waals surface area (Å²) in [6.07, 6.45) is 8.97. The Bertz CT molecular complexity index is 318. The van der Waals surface area contributed by atoms with E-state index in [9.17, 15) is 0 Å². The van der Waals surface area contributed by atoms with Crippen LogP contribution >= 0.6 is 0 Å². The SMILES string of the molecule is CC(Nc1cncc(N)c1)C1CCCC1. The zero-order valence-corrected chi connectivity index (χ0v) is 9.24. The Morgan fingerprint density at radius 2 is 2.13 bits per heavy atom. The van der Waals surface area contributed by atoms with Gasteiger partial charge in [-0.3, -0.25) is 4.98 Å². The maximum absolute atomic E-state index is 5.69. The molecule has 2 rings (SSSR count). The molecule has 3 nitrogen and oxygen atoms in total. The zero-order chi connectivity index (χ0) is 10.7. The van der Waals surface area contributed by atoms with Crippen molar-refractivity contribution in [2.45, 2.75) is 38.6 Å². The van der Waals surface area contributed by atoms with Crippen molar-refractivity contribution >= 4 is 11.4 Å². The molecule has 1 aliphatic rings. The monoisotopic (exact) mass is 205 g/mol. The second-order valence-corrected chi connectivity index (χ2v) is 4.48. The molecular formula is C12H19N3. The first-order valence-corrected chi connectivity index (χ1v) is 5.73. The van der Waals surface area contributed by atoms with Gasteiger partial charge in [0.1, 0.15) is 0 Å². The van der Waals surface area contributed by atoms with E-state index in [1.807, 2.05) is 12.3 Å². The number of hydrogen-bond donors (Lipinski definition) is 2. The van der Waals surface area contributed by atoms with E-state index in [0.717, 1.165) is 17.3 Å². The molecule has 0 aromatic carbocycles. The lowest BCUT2D eigenvalue weighted by Crippen LogP contribution is -2.23. The third kappa shape index (κ3) is 2.61. The lowest BCUT2D eigenvalue weighted by Gasteiger charge is -2.21. The molecule has 1 heterocycles. The molecule has 1 saturated carbocycles. The van der Waals surface area contributed by atoms with Gasteiger partial charge in [-0.05, 0) is 31.7 Å². The normalized spacial score (nSPS) is 19.0. The number of pyridine rings is 1. The van der Waals surface area contributed by atoms with Gasteiger partial charge in [-0.2, -0.15) is 0 Å². The van der Waals surface area contributed by atoms with Crippen LogP contribution in [0.25, 0.3) is 0 Å². The van der Waals surface area contributed by atoms with Crippen LogP contribution < -0.4 is 11.1 Å². The molecular weight excluding hydrogens is 186 g/mol. The molecule has 1 unspecified atom stereocenters. The number of nitrogens with two attached hydrogens (primary N) is 1. The number of hydrogen-bond acceptors (Lipinski definition) is 3. The van der Waals surface area contributed by atoms with Crippen LogP contribution in [-0.2, 0) is 0 Å². The van der Waals surface area contributed by atoms with Crippen molar-refractivity contribution in [2.24, 2.45) is 5.92 Å². The first kappa shape index (κ1) is 10.3. The largest absolute Gasteiger partial charge is 0.397 e. The minimum absolute atomic E-state index is 0.524. The fourth-order valence-corrected chi connectivity index (χ4v) is 2.37. The van der Waals surface area contributed by atoms with Gasteiger partial charge in [0, 0.05) is 12.2 Å². The van der Waals surface area contributed by atoms with E-state index in [0.29, 0.717) is 6.04 Å². The van der Waals surface area contributed by atoms with E-state index in [1.54, 1.807) is 6.20 Å². The molecule has 1 fully saturated rings. The summed E-state index contributed by atoms with van der Waals surface area (Å²) in [6.45, 7) is 2.25. The molecule has 1 aliphatic carbocycles. The van der Waals surface area contributed by atoms with Crippen LogP contribution in [0, 0.1) is 5.92 Å². The summed E-state index contributed by atoms with van der Waals surface area (Å²) in [4.78, 5) is 4.08. The van der Waals surface area contributed by atoms with Crippen molar-refractivity contribution < 1.29 is 0 Å². The van der Waals surface area contributed by atoms with Crippen LogP contribution in [0.5, 0.6) is 0 Å². The van der Waals surface area contributed by atoms with Gasteiger partial charge in [0.15, 0.2) is 0 Å². The number of nitrogens with zero attached hydrogens (tertiary/aromatic N) is 1. The van der Waals surface area contributed by atoms with Crippen molar-refractivity contribution in [1.29, 1.82) is 0 Å². The molecule has 0 aliphatic heterocycles. The molecule has 3 N–H and O–H groups in total. The molecule has 0 spiro atoms. The molecule has 0 amide bonds. The van der Waals surface area contributed by atoms with E-state index in [4.69, 9.17) is 5.73 Å². The van der Waals surface area contributed by atoms with Crippen molar-refractivity contribution in [3.05, 3.63) is 18.5 Å². The average Bonchev–Trinajstić information content (AvgIpc) is 2.70. The number of aromatic nitrogens is 1. The predicted octanol–water partition coefficient (Wildman–Crippen LogP) is 2.65. The Labute approximate surface area is 91.1 Å². The van der Waals surface area contributed by atoms with Crippen molar-refractivity contribution in [3.63, 3.8) is 0 Å². The molecule has 0 saturated heterocycles. The molecule has 1 aromatic heterocycles. The number of anilines is 2. The Morgan fingerprint density at radius 3 is 2.80 bits per heavy atom. The van der Waals surface area contributed by atoms with E-state index < -0.39 is 0 Å². The van der Waals surface area contributed by atoms with E-state index in [2.05, 4.69) is 17.2 Å². The van der Waals surface area contributed by atoms with Crippen molar-refractivity contribution in [3.8, 4) is 0 Å². The average molecular weight is 205 g/mol. The summed E-state index contributed by atoms with van der Waals surface area (Å²) in [5.74, 6) is 0.812. The number of rotatable bonds is 3. The first-order chi connectivity index (χ1) is 7.25. The third-order valence-corrected chi connectivity index (χ3v) is 3.26. The van der Waals surface area contributed by atoms with Gasteiger partial charge in [-0.25, -0.2) is 0 Å². The van der Waals surface area contributed by atoms with Crippen LogP contribution in [-0.4, -0.2) is 11.0 Å². The van der Waals surface area contributed by atoms with Gasteiger partial charge in [0.05, 0.1) is 17.6 Å². The van der Waals surface area contributed by atoms with Crippen LogP contribution in [0.3, 0.4) is 0 Å². The summed E-state index contributed by atoms with van der Waals surface area (Å²) < 4.78 is 0. The molecule has 15 heavy (non-hydrogen) atoms. The minimum atomic E-state index is 0.524. The second-order valence-electron chi connectivity index (χ2n) is 4.48. The van der Waals surface area contributed by atoms with Gasteiger partial charge in [-0.15, -0.1) is 0 Å². The van der Waals surface area contributed by atoms with Crippen LogP contribution in [0.2, 0.25) is 0 Å². The topological polar surface area (TPSA) is 50.9 Å². The Balaban J connectivity index is 1.95. The van der Waals surface area contributed by atoms with Gasteiger partial charge in [-0.1, -0.05) is 12.8 Å². The molecule has 1 aromatic rings. The second kappa shape index (κ2) is 4.51. The van der Waals surface area contributed by atoms with Gasteiger partial charge < -0.3 is 11.1 Å². The molecule has 1 atom stereocenters. The first-order valence-electron chi connectivity index (χ1n) is 5.73. The zero-order valence-electron chi connectivity index (χ0n) is 9.24. The Kier molecular flexibility index (Phi) is 3.09. The smallest absolute Gasteiger partial charge is 0.0549 e. The van der Waals surface area contributed by atoms with Gasteiger partial charge in [0.25, 0.3) is 0 Å². The maximum Gasteiger partial charge on any atom is 0.0549 e. The summed E-state index contributed by atoms with van der Waals surface area (Å²) in [5.41, 5.74) is 7.44. The lowest BCUT2D eigenvalue weighted by atomic mass is 10.00. The fourth-order valence-electron chi connectivity index (χ4n) is 2.37.